The van der Waals surface area contributed by atoms with Crippen molar-refractivity contribution < 1.29 is 14.3 Å². The lowest BCUT2D eigenvalue weighted by Crippen LogP contribution is -2.31. The SMILES string of the molecule is CCCCOc1ccc(NCC(=O)Nc2cccc(C(=O)N3CCCCCC3)c2)cc1. The van der Waals surface area contributed by atoms with E-state index in [0.29, 0.717) is 17.9 Å². The number of nitrogens with zero attached hydrogens (tertiary/aromatic N) is 1. The van der Waals surface area contributed by atoms with E-state index in [1.165, 1.54) is 12.8 Å². The molecule has 0 bridgehead atoms. The molecule has 0 radical (unpaired) electrons. The van der Waals surface area contributed by atoms with Crippen LogP contribution >= 0.6 is 0 Å². The van der Waals surface area contributed by atoms with E-state index in [-0.39, 0.29) is 18.4 Å². The minimum atomic E-state index is -0.164. The molecule has 2 aromatic carbocycles. The highest BCUT2D eigenvalue weighted by atomic mass is 16.5. The lowest BCUT2D eigenvalue weighted by atomic mass is 10.1. The molecule has 1 saturated heterocycles. The van der Waals surface area contributed by atoms with Crippen LogP contribution in [0.5, 0.6) is 5.75 Å². The summed E-state index contributed by atoms with van der Waals surface area (Å²) in [6.07, 6.45) is 6.61. The van der Waals surface area contributed by atoms with Gasteiger partial charge in [-0.1, -0.05) is 32.3 Å². The van der Waals surface area contributed by atoms with Gasteiger partial charge in [0.15, 0.2) is 0 Å². The number of ether oxygens (including phenoxy) is 1. The predicted octanol–water partition coefficient (Wildman–Crippen LogP) is 4.93. The van der Waals surface area contributed by atoms with Gasteiger partial charge in [0, 0.05) is 30.0 Å². The Morgan fingerprint density at radius 2 is 1.71 bits per heavy atom. The molecule has 2 amide bonds. The van der Waals surface area contributed by atoms with Gasteiger partial charge in [0.1, 0.15) is 5.75 Å². The number of benzene rings is 2. The number of likely N-dealkylation sites (tertiary alicyclic amines) is 1. The summed E-state index contributed by atoms with van der Waals surface area (Å²) in [4.78, 5) is 27.1. The van der Waals surface area contributed by atoms with Gasteiger partial charge >= 0.3 is 0 Å². The van der Waals surface area contributed by atoms with E-state index in [1.54, 1.807) is 12.1 Å². The summed E-state index contributed by atoms with van der Waals surface area (Å²) in [5.74, 6) is 0.703. The highest BCUT2D eigenvalue weighted by molar-refractivity contribution is 5.98. The van der Waals surface area contributed by atoms with Gasteiger partial charge in [-0.15, -0.1) is 0 Å². The summed E-state index contributed by atoms with van der Waals surface area (Å²) in [5.41, 5.74) is 2.10. The van der Waals surface area contributed by atoms with Crippen molar-refractivity contribution in [3.8, 4) is 5.75 Å². The molecule has 0 saturated carbocycles. The fraction of sp³-hybridized carbons (Fsp3) is 0.440. The van der Waals surface area contributed by atoms with Gasteiger partial charge in [-0.05, 0) is 61.7 Å². The molecule has 31 heavy (non-hydrogen) atoms. The van der Waals surface area contributed by atoms with Gasteiger partial charge in [0.25, 0.3) is 5.91 Å². The Morgan fingerprint density at radius 3 is 2.42 bits per heavy atom. The molecule has 0 spiro atoms. The summed E-state index contributed by atoms with van der Waals surface area (Å²) in [6, 6.07) is 14.8. The molecule has 2 N–H and O–H groups in total. The van der Waals surface area contributed by atoms with Crippen LogP contribution in [0.1, 0.15) is 55.8 Å². The highest BCUT2D eigenvalue weighted by Crippen LogP contribution is 2.18. The van der Waals surface area contributed by atoms with Crippen molar-refractivity contribution >= 4 is 23.2 Å². The van der Waals surface area contributed by atoms with Crippen molar-refractivity contribution in [2.45, 2.75) is 45.4 Å². The number of nitrogens with one attached hydrogen (secondary N) is 2. The maximum Gasteiger partial charge on any atom is 0.253 e. The van der Waals surface area contributed by atoms with Crippen LogP contribution in [0.3, 0.4) is 0 Å². The summed E-state index contributed by atoms with van der Waals surface area (Å²) in [7, 11) is 0. The van der Waals surface area contributed by atoms with Crippen LogP contribution in [0.15, 0.2) is 48.5 Å². The number of hydrogen-bond acceptors (Lipinski definition) is 4. The van der Waals surface area contributed by atoms with Gasteiger partial charge in [-0.2, -0.15) is 0 Å². The predicted molar refractivity (Wildman–Crippen MR) is 125 cm³/mol. The third kappa shape index (κ3) is 7.31. The molecule has 6 heteroatoms. The molecule has 1 heterocycles. The molecule has 3 rings (SSSR count). The van der Waals surface area contributed by atoms with E-state index in [4.69, 9.17) is 4.74 Å². The maximum absolute atomic E-state index is 12.8. The Hall–Kier alpha value is -3.02. The molecular weight excluding hydrogens is 390 g/mol. The Morgan fingerprint density at radius 1 is 0.968 bits per heavy atom. The van der Waals surface area contributed by atoms with E-state index in [2.05, 4.69) is 17.6 Å². The van der Waals surface area contributed by atoms with Crippen LogP contribution in [0.4, 0.5) is 11.4 Å². The number of carbonyl (C=O) groups excluding carboxylic acids is 2. The molecule has 166 valence electrons. The quantitative estimate of drug-likeness (QED) is 0.561. The monoisotopic (exact) mass is 423 g/mol. The van der Waals surface area contributed by atoms with Gasteiger partial charge in [0.2, 0.25) is 5.91 Å². The minimum Gasteiger partial charge on any atom is -0.494 e. The van der Waals surface area contributed by atoms with Crippen LogP contribution in [0.25, 0.3) is 0 Å². The second kappa shape index (κ2) is 12.0. The summed E-state index contributed by atoms with van der Waals surface area (Å²) in [6.45, 7) is 4.60. The van der Waals surface area contributed by atoms with Crippen LogP contribution in [-0.2, 0) is 4.79 Å². The third-order valence-electron chi connectivity index (χ3n) is 5.36. The van der Waals surface area contributed by atoms with Gasteiger partial charge in [0.05, 0.1) is 13.2 Å². The van der Waals surface area contributed by atoms with Crippen molar-refractivity contribution in [1.29, 1.82) is 0 Å². The van der Waals surface area contributed by atoms with E-state index >= 15 is 0 Å². The van der Waals surface area contributed by atoms with E-state index in [1.807, 2.05) is 41.3 Å². The molecule has 0 atom stereocenters. The van der Waals surface area contributed by atoms with Crippen LogP contribution < -0.4 is 15.4 Å². The van der Waals surface area contributed by atoms with Crippen LogP contribution in [0.2, 0.25) is 0 Å². The summed E-state index contributed by atoms with van der Waals surface area (Å²) >= 11 is 0. The number of unbranched alkanes of at least 4 members (excludes halogenated alkanes) is 1. The minimum absolute atomic E-state index is 0.0392. The second-order valence-electron chi connectivity index (χ2n) is 7.92. The zero-order valence-electron chi connectivity index (χ0n) is 18.4. The number of carbonyl (C=O) groups is 2. The fourth-order valence-corrected chi connectivity index (χ4v) is 3.58. The first kappa shape index (κ1) is 22.7. The smallest absolute Gasteiger partial charge is 0.253 e. The van der Waals surface area contributed by atoms with Crippen molar-refractivity contribution in [3.05, 3.63) is 54.1 Å². The molecule has 0 unspecified atom stereocenters. The molecule has 2 aromatic rings. The molecule has 1 fully saturated rings. The Bertz CT molecular complexity index is 843. The number of anilines is 2. The molecule has 1 aliphatic rings. The zero-order chi connectivity index (χ0) is 21.9. The van der Waals surface area contributed by atoms with Gasteiger partial charge < -0.3 is 20.3 Å². The Balaban J connectivity index is 1.49. The topological polar surface area (TPSA) is 70.7 Å². The van der Waals surface area contributed by atoms with E-state index in [0.717, 1.165) is 50.2 Å². The lowest BCUT2D eigenvalue weighted by Gasteiger charge is -2.20. The Labute approximate surface area is 185 Å². The average molecular weight is 424 g/mol. The summed E-state index contributed by atoms with van der Waals surface area (Å²) < 4.78 is 5.65. The number of hydrogen-bond donors (Lipinski definition) is 2. The van der Waals surface area contributed by atoms with Gasteiger partial charge in [-0.3, -0.25) is 9.59 Å². The van der Waals surface area contributed by atoms with Gasteiger partial charge in [-0.25, -0.2) is 0 Å². The standard InChI is InChI=1S/C25H33N3O3/c1-2-3-17-31-23-13-11-21(12-14-23)26-19-24(29)27-22-10-8-9-20(18-22)25(30)28-15-6-4-5-7-16-28/h8-14,18,26H,2-7,15-17,19H2,1H3,(H,27,29). The summed E-state index contributed by atoms with van der Waals surface area (Å²) in [5, 5.41) is 5.98. The first-order valence-corrected chi connectivity index (χ1v) is 11.3. The van der Waals surface area contributed by atoms with Crippen LogP contribution in [-0.4, -0.2) is 43.0 Å². The molecular formula is C25H33N3O3. The van der Waals surface area contributed by atoms with Crippen molar-refractivity contribution in [1.82, 2.24) is 4.90 Å². The van der Waals surface area contributed by atoms with Crippen molar-refractivity contribution in [2.75, 3.05) is 36.9 Å². The van der Waals surface area contributed by atoms with Crippen molar-refractivity contribution in [3.63, 3.8) is 0 Å². The third-order valence-corrected chi connectivity index (χ3v) is 5.36. The lowest BCUT2D eigenvalue weighted by molar-refractivity contribution is -0.114. The molecule has 0 aliphatic carbocycles. The zero-order valence-corrected chi connectivity index (χ0v) is 18.4. The highest BCUT2D eigenvalue weighted by Gasteiger charge is 2.17. The van der Waals surface area contributed by atoms with Crippen LogP contribution in [0, 0.1) is 0 Å². The average Bonchev–Trinajstić information content (AvgIpc) is 3.08. The molecule has 1 aliphatic heterocycles. The first-order chi connectivity index (χ1) is 15.2. The normalized spacial score (nSPS) is 13.9. The number of amides is 2. The molecule has 6 nitrogen and oxygen atoms in total. The van der Waals surface area contributed by atoms with Crippen molar-refractivity contribution in [2.24, 2.45) is 0 Å². The fourth-order valence-electron chi connectivity index (χ4n) is 3.58. The second-order valence-corrected chi connectivity index (χ2v) is 7.92. The number of rotatable bonds is 9. The van der Waals surface area contributed by atoms with E-state index < -0.39 is 0 Å². The van der Waals surface area contributed by atoms with E-state index in [9.17, 15) is 9.59 Å². The molecule has 0 aromatic heterocycles. The maximum atomic E-state index is 12.8. The largest absolute Gasteiger partial charge is 0.494 e. The first-order valence-electron chi connectivity index (χ1n) is 11.3. The Kier molecular flexibility index (Phi) is 8.76.